The van der Waals surface area contributed by atoms with Crippen LogP contribution in [0.25, 0.3) is 0 Å². The number of halogens is 6. The molecular weight excluding hydrogens is 496 g/mol. The number of ether oxygens (including phenoxy) is 2. The van der Waals surface area contributed by atoms with Crippen LogP contribution in [0, 0.1) is 0 Å². The molecule has 30 heavy (non-hydrogen) atoms. The van der Waals surface area contributed by atoms with E-state index in [9.17, 15) is 31.2 Å². The molecule has 0 unspecified atom stereocenters. The van der Waals surface area contributed by atoms with Crippen molar-refractivity contribution >= 4 is 56.6 Å². The van der Waals surface area contributed by atoms with Gasteiger partial charge in [-0.1, -0.05) is 53.5 Å². The van der Waals surface area contributed by atoms with Crippen LogP contribution in [0.5, 0.6) is 0 Å². The molecular formula is C17H14Cl3F3O6S. The van der Waals surface area contributed by atoms with Crippen molar-refractivity contribution in [1.82, 2.24) is 0 Å². The van der Waals surface area contributed by atoms with E-state index in [1.54, 1.807) is 0 Å². The third kappa shape index (κ3) is 6.50. The van der Waals surface area contributed by atoms with Crippen molar-refractivity contribution in [2.24, 2.45) is 0 Å². The molecule has 0 saturated carbocycles. The molecule has 1 aromatic rings. The van der Waals surface area contributed by atoms with Crippen LogP contribution < -0.4 is 0 Å². The van der Waals surface area contributed by atoms with Crippen molar-refractivity contribution in [2.45, 2.75) is 22.0 Å². The predicted molar refractivity (Wildman–Crippen MR) is 103 cm³/mol. The molecule has 2 rings (SSSR count). The van der Waals surface area contributed by atoms with Gasteiger partial charge in [-0.2, -0.15) is 13.2 Å². The summed E-state index contributed by atoms with van der Waals surface area (Å²) in [6.45, 7) is 2.76. The fourth-order valence-corrected chi connectivity index (χ4v) is 4.62. The largest absolute Gasteiger partial charge is 0.458 e. The number of hydrogen-bond acceptors (Lipinski definition) is 6. The fourth-order valence-electron chi connectivity index (χ4n) is 2.67. The molecule has 0 spiro atoms. The lowest BCUT2D eigenvalue weighted by Gasteiger charge is -2.40. The Hall–Kier alpha value is -1.49. The zero-order valence-corrected chi connectivity index (χ0v) is 18.1. The highest BCUT2D eigenvalue weighted by atomic mass is 35.6. The maximum absolute atomic E-state index is 12.7. The lowest BCUT2D eigenvalue weighted by molar-refractivity contribution is -0.158. The zero-order valence-electron chi connectivity index (χ0n) is 15.0. The highest BCUT2D eigenvalue weighted by Crippen LogP contribution is 2.40. The zero-order chi connectivity index (χ0) is 23.0. The molecule has 0 radical (unpaired) electrons. The molecule has 0 atom stereocenters. The number of rotatable bonds is 6. The number of benzene rings is 1. The molecule has 0 amide bonds. The summed E-state index contributed by atoms with van der Waals surface area (Å²) in [5.74, 6) is -3.29. The second-order valence-corrected chi connectivity index (χ2v) is 11.1. The molecule has 1 fully saturated rings. The van der Waals surface area contributed by atoms with E-state index in [1.807, 2.05) is 0 Å². The third-order valence-corrected chi connectivity index (χ3v) is 6.11. The van der Waals surface area contributed by atoms with Gasteiger partial charge >= 0.3 is 18.1 Å². The monoisotopic (exact) mass is 508 g/mol. The highest BCUT2D eigenvalue weighted by molar-refractivity contribution is 7.93. The first kappa shape index (κ1) is 24.8. The summed E-state index contributed by atoms with van der Waals surface area (Å²) in [4.78, 5) is 24.0. The van der Waals surface area contributed by atoms with Crippen LogP contribution in [0.1, 0.15) is 17.5 Å². The smallest absolute Gasteiger partial charge is 0.416 e. The molecule has 1 aliphatic rings. The van der Waals surface area contributed by atoms with Crippen molar-refractivity contribution in [3.05, 3.63) is 47.5 Å². The molecule has 0 aromatic heterocycles. The van der Waals surface area contributed by atoms with Gasteiger partial charge in [0.05, 0.1) is 23.5 Å². The molecule has 1 heterocycles. The fraction of sp³-hybridized carbons (Fsp3) is 0.412. The molecule has 0 bridgehead atoms. The summed E-state index contributed by atoms with van der Waals surface area (Å²) in [6.07, 6.45) is -5.25. The number of alkyl halides is 6. The van der Waals surface area contributed by atoms with Gasteiger partial charge in [0.25, 0.3) is 0 Å². The third-order valence-electron chi connectivity index (χ3n) is 3.97. The summed E-state index contributed by atoms with van der Waals surface area (Å²) in [6, 6.07) is 3.58. The van der Waals surface area contributed by atoms with Gasteiger partial charge < -0.3 is 9.47 Å². The van der Waals surface area contributed by atoms with Gasteiger partial charge in [0.1, 0.15) is 6.61 Å². The van der Waals surface area contributed by atoms with Gasteiger partial charge in [0.2, 0.25) is 3.79 Å². The number of sulfone groups is 1. The van der Waals surface area contributed by atoms with Crippen molar-refractivity contribution in [1.29, 1.82) is 0 Å². The summed E-state index contributed by atoms with van der Waals surface area (Å²) in [5, 5.41) is 0. The summed E-state index contributed by atoms with van der Waals surface area (Å²) < 4.78 is 69.6. The summed E-state index contributed by atoms with van der Waals surface area (Å²) in [7, 11) is -3.55. The van der Waals surface area contributed by atoms with Crippen molar-refractivity contribution in [2.75, 3.05) is 18.1 Å². The van der Waals surface area contributed by atoms with E-state index in [0.717, 1.165) is 24.3 Å². The van der Waals surface area contributed by atoms with Crippen LogP contribution in [-0.4, -0.2) is 42.3 Å². The second-order valence-electron chi connectivity index (χ2n) is 6.55. The Balaban J connectivity index is 2.10. The highest BCUT2D eigenvalue weighted by Gasteiger charge is 2.53. The Morgan fingerprint density at radius 1 is 1.10 bits per heavy atom. The van der Waals surface area contributed by atoms with E-state index in [1.165, 1.54) is 0 Å². The van der Waals surface area contributed by atoms with Crippen LogP contribution in [0.3, 0.4) is 0 Å². The molecule has 166 valence electrons. The first-order chi connectivity index (χ1) is 13.5. The second kappa shape index (κ2) is 8.57. The molecule has 1 saturated heterocycles. The molecule has 0 N–H and O–H groups in total. The molecule has 1 aromatic carbocycles. The Kier molecular flexibility index (Phi) is 7.07. The maximum atomic E-state index is 12.7. The minimum Gasteiger partial charge on any atom is -0.458 e. The predicted octanol–water partition coefficient (Wildman–Crippen LogP) is 3.73. The number of hydrogen-bond donors (Lipinski definition) is 0. The minimum absolute atomic E-state index is 0.0723. The number of esters is 2. The molecule has 6 nitrogen and oxygen atoms in total. The number of carbonyl (C=O) groups is 2. The quantitative estimate of drug-likeness (QED) is 0.330. The van der Waals surface area contributed by atoms with E-state index in [4.69, 9.17) is 39.5 Å². The first-order valence-electron chi connectivity index (χ1n) is 8.05. The number of carbonyl (C=O) groups excluding carboxylic acids is 2. The van der Waals surface area contributed by atoms with Crippen molar-refractivity contribution < 1.29 is 40.7 Å². The van der Waals surface area contributed by atoms with Gasteiger partial charge in [-0.05, 0) is 17.7 Å². The Morgan fingerprint density at radius 2 is 1.63 bits per heavy atom. The maximum Gasteiger partial charge on any atom is 0.416 e. The van der Waals surface area contributed by atoms with Crippen LogP contribution in [-0.2, 0) is 40.7 Å². The molecule has 13 heteroatoms. The minimum atomic E-state index is -4.58. The van der Waals surface area contributed by atoms with Crippen LogP contribution in [0.2, 0.25) is 0 Å². The van der Waals surface area contributed by atoms with Crippen molar-refractivity contribution in [3.8, 4) is 0 Å². The van der Waals surface area contributed by atoms with E-state index in [2.05, 4.69) is 11.3 Å². The Morgan fingerprint density at radius 3 is 2.07 bits per heavy atom. The summed E-state index contributed by atoms with van der Waals surface area (Å²) in [5.41, 5.74) is -2.89. The van der Waals surface area contributed by atoms with E-state index in [-0.39, 0.29) is 11.1 Å². The van der Waals surface area contributed by atoms with Gasteiger partial charge in [0, 0.05) is 5.57 Å². The van der Waals surface area contributed by atoms with Crippen LogP contribution in [0.4, 0.5) is 13.2 Å². The SMILES string of the molecule is C=C(CC(=O)OC1(c2ccc(C(F)(F)F)cc2)CS(=O)(=O)C1)C(=O)OCC(Cl)(Cl)Cl. The van der Waals surface area contributed by atoms with Gasteiger partial charge in [-0.3, -0.25) is 4.79 Å². The van der Waals surface area contributed by atoms with Crippen molar-refractivity contribution in [3.63, 3.8) is 0 Å². The van der Waals surface area contributed by atoms with Gasteiger partial charge in [0.15, 0.2) is 15.4 Å². The van der Waals surface area contributed by atoms with Crippen LogP contribution in [0.15, 0.2) is 36.4 Å². The van der Waals surface area contributed by atoms with Gasteiger partial charge in [-0.15, -0.1) is 0 Å². The topological polar surface area (TPSA) is 86.7 Å². The first-order valence-corrected chi connectivity index (χ1v) is 11.0. The van der Waals surface area contributed by atoms with E-state index >= 15 is 0 Å². The average molecular weight is 510 g/mol. The van der Waals surface area contributed by atoms with E-state index < -0.39 is 67.4 Å². The van der Waals surface area contributed by atoms with Crippen LogP contribution >= 0.6 is 34.8 Å². The Labute approximate surface area is 184 Å². The normalized spacial score (nSPS) is 17.5. The van der Waals surface area contributed by atoms with Gasteiger partial charge in [-0.25, -0.2) is 13.2 Å². The lowest BCUT2D eigenvalue weighted by Crippen LogP contribution is -2.55. The lowest BCUT2D eigenvalue weighted by atomic mass is 9.95. The standard InChI is InChI=1S/C17H14Cl3F3O6S/c1-10(14(25)28-7-16(18,19)20)6-13(24)29-15(8-30(26,27)9-15)11-2-4-12(5-3-11)17(21,22)23/h2-5H,1,6-9H2. The molecule has 1 aliphatic heterocycles. The molecule has 0 aliphatic carbocycles. The Bertz CT molecular complexity index is 940. The summed E-state index contributed by atoms with van der Waals surface area (Å²) >= 11 is 16.3. The van der Waals surface area contributed by atoms with E-state index in [0.29, 0.717) is 0 Å². The average Bonchev–Trinajstić information content (AvgIpc) is 2.56.